The Hall–Kier alpha value is -2.96. The highest BCUT2D eigenvalue weighted by Crippen LogP contribution is 2.34. The molecule has 28 heavy (non-hydrogen) atoms. The van der Waals surface area contributed by atoms with Crippen molar-refractivity contribution >= 4 is 56.9 Å². The second-order valence-electron chi connectivity index (χ2n) is 6.51. The summed E-state index contributed by atoms with van der Waals surface area (Å²) in [5, 5.41) is 12.6. The van der Waals surface area contributed by atoms with Crippen LogP contribution in [-0.4, -0.2) is 26.1 Å². The molecule has 0 radical (unpaired) electrons. The number of fused-ring (bicyclic) bond motifs is 2. The molecule has 142 valence electrons. The summed E-state index contributed by atoms with van der Waals surface area (Å²) in [6.07, 6.45) is 3.36. The number of carboxylic acids is 1. The first-order valence-electron chi connectivity index (χ1n) is 8.40. The number of nitrogens with zero attached hydrogens (tertiary/aromatic N) is 2. The van der Waals surface area contributed by atoms with Gasteiger partial charge in [-0.2, -0.15) is 0 Å². The van der Waals surface area contributed by atoms with Crippen molar-refractivity contribution in [2.45, 2.75) is 12.6 Å². The van der Waals surface area contributed by atoms with Crippen LogP contribution in [0.5, 0.6) is 0 Å². The molecule has 1 amide bonds. The standard InChI is InChI=1S/C20H15Cl2N3O3/c21-12-2-1-11-5-6-25(16(11)7-12)19(20(27)28)15-9-24(10-18(23)26)17-8-13(22)3-4-14(15)17/h1-9,19H,10H2,(H2,23,26)(H,27,28). The Morgan fingerprint density at radius 1 is 1.04 bits per heavy atom. The van der Waals surface area contributed by atoms with Crippen molar-refractivity contribution in [3.63, 3.8) is 0 Å². The summed E-state index contributed by atoms with van der Waals surface area (Å²) in [6, 6.07) is 11.3. The van der Waals surface area contributed by atoms with E-state index in [-0.39, 0.29) is 6.54 Å². The number of nitrogens with two attached hydrogens (primary N) is 1. The Morgan fingerprint density at radius 3 is 2.39 bits per heavy atom. The molecule has 0 spiro atoms. The van der Waals surface area contributed by atoms with Crippen LogP contribution in [0.4, 0.5) is 0 Å². The highest BCUT2D eigenvalue weighted by molar-refractivity contribution is 6.31. The minimum absolute atomic E-state index is 0.0819. The zero-order valence-electron chi connectivity index (χ0n) is 14.5. The van der Waals surface area contributed by atoms with E-state index in [0.29, 0.717) is 32.0 Å². The first kappa shape index (κ1) is 18.4. The number of carboxylic acid groups (broad SMARTS) is 1. The third-order valence-corrected chi connectivity index (χ3v) is 5.16. The van der Waals surface area contributed by atoms with Crippen LogP contribution in [0.2, 0.25) is 10.0 Å². The van der Waals surface area contributed by atoms with E-state index in [1.54, 1.807) is 51.9 Å². The number of halogens is 2. The third-order valence-electron chi connectivity index (χ3n) is 4.69. The number of carbonyl (C=O) groups excluding carboxylic acids is 1. The average molecular weight is 416 g/mol. The number of amides is 1. The van der Waals surface area contributed by atoms with Crippen molar-refractivity contribution in [3.8, 4) is 0 Å². The van der Waals surface area contributed by atoms with Crippen molar-refractivity contribution in [3.05, 3.63) is 70.5 Å². The number of carbonyl (C=O) groups is 2. The van der Waals surface area contributed by atoms with Gasteiger partial charge in [0.2, 0.25) is 5.91 Å². The molecule has 0 aliphatic rings. The van der Waals surface area contributed by atoms with E-state index < -0.39 is 17.9 Å². The summed E-state index contributed by atoms with van der Waals surface area (Å²) in [4.78, 5) is 23.8. The predicted octanol–water partition coefficient (Wildman–Crippen LogP) is 4.06. The number of benzene rings is 2. The monoisotopic (exact) mass is 415 g/mol. The van der Waals surface area contributed by atoms with Crippen LogP contribution in [-0.2, 0) is 16.1 Å². The highest BCUT2D eigenvalue weighted by Gasteiger charge is 2.27. The van der Waals surface area contributed by atoms with Crippen LogP contribution < -0.4 is 5.73 Å². The van der Waals surface area contributed by atoms with E-state index >= 15 is 0 Å². The molecular formula is C20H15Cl2N3O3. The number of hydrogen-bond acceptors (Lipinski definition) is 2. The maximum Gasteiger partial charge on any atom is 0.331 e. The van der Waals surface area contributed by atoms with Gasteiger partial charge in [-0.05, 0) is 35.7 Å². The molecule has 0 bridgehead atoms. The molecule has 3 N–H and O–H groups in total. The number of primary amides is 1. The molecule has 1 unspecified atom stereocenters. The Balaban J connectivity index is 1.98. The minimum Gasteiger partial charge on any atom is -0.479 e. The molecule has 8 heteroatoms. The van der Waals surface area contributed by atoms with Crippen molar-refractivity contribution in [2.75, 3.05) is 0 Å². The SMILES string of the molecule is NC(=O)Cn1cc(C(C(=O)O)n2ccc3ccc(Cl)cc32)c2ccc(Cl)cc21. The van der Waals surface area contributed by atoms with Gasteiger partial charge in [-0.3, -0.25) is 4.79 Å². The van der Waals surface area contributed by atoms with E-state index in [1.165, 1.54) is 0 Å². The maximum absolute atomic E-state index is 12.3. The lowest BCUT2D eigenvalue weighted by Crippen LogP contribution is -2.20. The zero-order chi connectivity index (χ0) is 20.0. The van der Waals surface area contributed by atoms with E-state index in [2.05, 4.69) is 0 Å². The topological polar surface area (TPSA) is 90.2 Å². The fraction of sp³-hybridized carbons (Fsp3) is 0.100. The van der Waals surface area contributed by atoms with Gasteiger partial charge in [-0.15, -0.1) is 0 Å². The first-order chi connectivity index (χ1) is 13.3. The molecule has 0 fully saturated rings. The second-order valence-corrected chi connectivity index (χ2v) is 7.38. The molecule has 0 aliphatic carbocycles. The average Bonchev–Trinajstić information content (AvgIpc) is 3.17. The Labute approximate surface area is 169 Å². The van der Waals surface area contributed by atoms with Crippen molar-refractivity contribution in [2.24, 2.45) is 5.73 Å². The molecule has 2 heterocycles. The lowest BCUT2D eigenvalue weighted by atomic mass is 10.1. The number of aromatic nitrogens is 2. The van der Waals surface area contributed by atoms with E-state index in [1.807, 2.05) is 12.1 Å². The molecule has 2 aromatic carbocycles. The van der Waals surface area contributed by atoms with Gasteiger partial charge in [0.25, 0.3) is 0 Å². The van der Waals surface area contributed by atoms with E-state index in [0.717, 1.165) is 5.39 Å². The zero-order valence-corrected chi connectivity index (χ0v) is 16.0. The van der Waals surface area contributed by atoms with Crippen LogP contribution in [0, 0.1) is 0 Å². The number of aliphatic carboxylic acids is 1. The highest BCUT2D eigenvalue weighted by atomic mass is 35.5. The Bertz CT molecular complexity index is 1240. The van der Waals surface area contributed by atoms with Gasteiger partial charge in [0.1, 0.15) is 6.54 Å². The summed E-state index contributed by atoms with van der Waals surface area (Å²) in [7, 11) is 0. The lowest BCUT2D eigenvalue weighted by molar-refractivity contribution is -0.139. The van der Waals surface area contributed by atoms with Gasteiger partial charge in [0.15, 0.2) is 6.04 Å². The maximum atomic E-state index is 12.3. The Kier molecular flexibility index (Phi) is 4.53. The largest absolute Gasteiger partial charge is 0.479 e. The fourth-order valence-corrected chi connectivity index (χ4v) is 3.89. The van der Waals surface area contributed by atoms with Gasteiger partial charge >= 0.3 is 5.97 Å². The van der Waals surface area contributed by atoms with Crippen molar-refractivity contribution < 1.29 is 14.7 Å². The molecule has 2 aromatic heterocycles. The first-order valence-corrected chi connectivity index (χ1v) is 9.16. The fourth-order valence-electron chi connectivity index (χ4n) is 3.56. The summed E-state index contributed by atoms with van der Waals surface area (Å²) in [6.45, 7) is -0.0819. The van der Waals surface area contributed by atoms with Crippen LogP contribution in [0.1, 0.15) is 11.6 Å². The van der Waals surface area contributed by atoms with Crippen LogP contribution in [0.3, 0.4) is 0 Å². The van der Waals surface area contributed by atoms with Gasteiger partial charge in [0.05, 0.1) is 11.0 Å². The molecule has 0 aliphatic heterocycles. The molecule has 0 saturated carbocycles. The van der Waals surface area contributed by atoms with E-state index in [9.17, 15) is 14.7 Å². The lowest BCUT2D eigenvalue weighted by Gasteiger charge is -2.16. The minimum atomic E-state index is -1.04. The number of hydrogen-bond donors (Lipinski definition) is 2. The quantitative estimate of drug-likeness (QED) is 0.514. The van der Waals surface area contributed by atoms with Gasteiger partial charge in [-0.25, -0.2) is 4.79 Å². The summed E-state index contributed by atoms with van der Waals surface area (Å²) in [5.74, 6) is -1.57. The molecule has 6 nitrogen and oxygen atoms in total. The predicted molar refractivity (Wildman–Crippen MR) is 109 cm³/mol. The van der Waals surface area contributed by atoms with Gasteiger partial charge in [-0.1, -0.05) is 35.3 Å². The van der Waals surface area contributed by atoms with E-state index in [4.69, 9.17) is 28.9 Å². The summed E-state index contributed by atoms with van der Waals surface area (Å²) >= 11 is 12.2. The van der Waals surface area contributed by atoms with Crippen LogP contribution in [0.25, 0.3) is 21.8 Å². The second kappa shape index (κ2) is 6.89. The third kappa shape index (κ3) is 3.10. The summed E-state index contributed by atoms with van der Waals surface area (Å²) < 4.78 is 3.27. The van der Waals surface area contributed by atoms with Crippen molar-refractivity contribution in [1.29, 1.82) is 0 Å². The van der Waals surface area contributed by atoms with Crippen LogP contribution in [0.15, 0.2) is 54.9 Å². The van der Waals surface area contributed by atoms with Gasteiger partial charge < -0.3 is 20.0 Å². The van der Waals surface area contributed by atoms with Crippen molar-refractivity contribution in [1.82, 2.24) is 9.13 Å². The molecule has 1 atom stereocenters. The van der Waals surface area contributed by atoms with Crippen LogP contribution >= 0.6 is 23.2 Å². The Morgan fingerprint density at radius 2 is 1.71 bits per heavy atom. The molecule has 4 rings (SSSR count). The number of rotatable bonds is 5. The molecular weight excluding hydrogens is 401 g/mol. The summed E-state index contributed by atoms with van der Waals surface area (Å²) in [5.41, 5.74) is 7.22. The normalized spacial score (nSPS) is 12.5. The smallest absolute Gasteiger partial charge is 0.331 e. The molecule has 4 aromatic rings. The molecule has 0 saturated heterocycles. The van der Waals surface area contributed by atoms with Gasteiger partial charge in [0, 0.05) is 33.4 Å².